The third-order valence-electron chi connectivity index (χ3n) is 3.07. The molecule has 22 heavy (non-hydrogen) atoms. The van der Waals surface area contributed by atoms with E-state index in [1.165, 1.54) is 18.2 Å². The summed E-state index contributed by atoms with van der Waals surface area (Å²) in [5.74, 6) is -3.44. The molecule has 0 spiro atoms. The third-order valence-corrected chi connectivity index (χ3v) is 3.07. The number of aryl methyl sites for hydroxylation is 2. The molecule has 0 aliphatic rings. The molecule has 0 radical (unpaired) electrons. The molecule has 7 nitrogen and oxygen atoms in total. The molecule has 2 rings (SSSR count). The van der Waals surface area contributed by atoms with Crippen molar-refractivity contribution in [3.8, 4) is 5.75 Å². The van der Waals surface area contributed by atoms with Gasteiger partial charge in [-0.25, -0.2) is 14.4 Å². The van der Waals surface area contributed by atoms with Gasteiger partial charge in [0.1, 0.15) is 11.3 Å². The molecule has 2 aromatic rings. The van der Waals surface area contributed by atoms with E-state index in [1.807, 2.05) is 0 Å². The molecule has 114 valence electrons. The highest BCUT2D eigenvalue weighted by atomic mass is 16.4. The first kappa shape index (κ1) is 15.3. The highest BCUT2D eigenvalue weighted by molar-refractivity contribution is 5.92. The molecule has 0 saturated carbocycles. The van der Waals surface area contributed by atoms with Crippen LogP contribution in [0.1, 0.15) is 32.0 Å². The zero-order valence-corrected chi connectivity index (χ0v) is 11.3. The van der Waals surface area contributed by atoms with Crippen molar-refractivity contribution in [2.45, 2.75) is 12.8 Å². The van der Waals surface area contributed by atoms with Gasteiger partial charge in [-0.2, -0.15) is 0 Å². The maximum atomic E-state index is 11.3. The molecule has 7 heteroatoms. The molecular weight excluding hydrogens is 292 g/mol. The van der Waals surface area contributed by atoms with Crippen molar-refractivity contribution < 1.29 is 29.3 Å². The number of carbonyl (C=O) groups is 2. The number of phenols is 1. The van der Waals surface area contributed by atoms with E-state index in [0.717, 1.165) is 6.07 Å². The average Bonchev–Trinajstić information content (AvgIpc) is 2.44. The fourth-order valence-electron chi connectivity index (χ4n) is 2.10. The summed E-state index contributed by atoms with van der Waals surface area (Å²) in [6, 6.07) is 6.70. The largest absolute Gasteiger partial charge is 0.507 e. The number of hydrogen-bond acceptors (Lipinski definition) is 5. The fraction of sp³-hybridized carbons (Fsp3) is 0.133. The lowest BCUT2D eigenvalue weighted by molar-refractivity contribution is 0.0654. The van der Waals surface area contributed by atoms with E-state index in [2.05, 4.69) is 4.42 Å². The monoisotopic (exact) mass is 304 g/mol. The van der Waals surface area contributed by atoms with Crippen molar-refractivity contribution in [1.29, 1.82) is 0 Å². The molecule has 0 saturated heterocycles. The van der Waals surface area contributed by atoms with Gasteiger partial charge in [0.05, 0.1) is 0 Å². The van der Waals surface area contributed by atoms with E-state index in [-0.39, 0.29) is 24.2 Å². The van der Waals surface area contributed by atoms with Gasteiger partial charge in [0.15, 0.2) is 0 Å². The Labute approximate surface area is 124 Å². The van der Waals surface area contributed by atoms with E-state index in [9.17, 15) is 19.5 Å². The topological polar surface area (TPSA) is 125 Å². The van der Waals surface area contributed by atoms with Crippen LogP contribution in [0.25, 0.3) is 0 Å². The summed E-state index contributed by atoms with van der Waals surface area (Å²) in [5.41, 5.74) is -0.195. The zero-order chi connectivity index (χ0) is 16.3. The second kappa shape index (κ2) is 6.13. The Morgan fingerprint density at radius 2 is 1.77 bits per heavy atom. The molecule has 0 atom stereocenters. The number of carboxylic acids is 2. The lowest BCUT2D eigenvalue weighted by atomic mass is 9.99. The second-order valence-electron chi connectivity index (χ2n) is 4.57. The van der Waals surface area contributed by atoms with Crippen LogP contribution in [-0.4, -0.2) is 27.3 Å². The Hall–Kier alpha value is -3.09. The Kier molecular flexibility index (Phi) is 4.26. The first-order chi connectivity index (χ1) is 10.4. The fourth-order valence-corrected chi connectivity index (χ4v) is 2.10. The summed E-state index contributed by atoms with van der Waals surface area (Å²) < 4.78 is 4.52. The maximum Gasteiger partial charge on any atom is 0.371 e. The van der Waals surface area contributed by atoms with Gasteiger partial charge >= 0.3 is 17.6 Å². The highest BCUT2D eigenvalue weighted by Gasteiger charge is 2.15. The molecule has 0 amide bonds. The van der Waals surface area contributed by atoms with Crippen LogP contribution in [0.4, 0.5) is 0 Å². The van der Waals surface area contributed by atoms with Gasteiger partial charge in [-0.15, -0.1) is 0 Å². The minimum atomic E-state index is -1.36. The van der Waals surface area contributed by atoms with Crippen LogP contribution in [0.3, 0.4) is 0 Å². The van der Waals surface area contributed by atoms with E-state index >= 15 is 0 Å². The van der Waals surface area contributed by atoms with Gasteiger partial charge in [0.2, 0.25) is 5.76 Å². The Balaban J connectivity index is 2.28. The number of benzene rings is 1. The number of rotatable bonds is 5. The molecule has 0 aliphatic carbocycles. The Morgan fingerprint density at radius 3 is 2.41 bits per heavy atom. The molecule has 1 aromatic carbocycles. The third kappa shape index (κ3) is 3.32. The summed E-state index contributed by atoms with van der Waals surface area (Å²) >= 11 is 0. The summed E-state index contributed by atoms with van der Waals surface area (Å²) in [4.78, 5) is 33.3. The smallest absolute Gasteiger partial charge is 0.371 e. The van der Waals surface area contributed by atoms with Crippen molar-refractivity contribution in [2.24, 2.45) is 0 Å². The van der Waals surface area contributed by atoms with E-state index in [1.54, 1.807) is 6.07 Å². The molecule has 0 unspecified atom stereocenters. The number of hydrogen-bond donors (Lipinski definition) is 3. The Morgan fingerprint density at radius 1 is 1.05 bits per heavy atom. The van der Waals surface area contributed by atoms with Crippen LogP contribution in [0.5, 0.6) is 5.75 Å². The van der Waals surface area contributed by atoms with Gasteiger partial charge in [-0.3, -0.25) is 0 Å². The summed E-state index contributed by atoms with van der Waals surface area (Å²) in [7, 11) is 0. The SMILES string of the molecule is O=C(O)c1cc(CCc2cccc(O)c2C(=O)O)cc(=O)o1. The number of aromatic carboxylic acids is 2. The summed E-state index contributed by atoms with van der Waals surface area (Å²) in [6.45, 7) is 0. The van der Waals surface area contributed by atoms with Gasteiger partial charge in [-0.1, -0.05) is 12.1 Å². The van der Waals surface area contributed by atoms with Crippen LogP contribution in [0, 0.1) is 0 Å². The van der Waals surface area contributed by atoms with Gasteiger partial charge < -0.3 is 19.7 Å². The molecule has 1 aromatic heterocycles. The zero-order valence-electron chi connectivity index (χ0n) is 11.3. The molecule has 0 fully saturated rings. The van der Waals surface area contributed by atoms with E-state index in [4.69, 9.17) is 10.2 Å². The predicted molar refractivity (Wildman–Crippen MR) is 74.4 cm³/mol. The first-order valence-electron chi connectivity index (χ1n) is 6.30. The maximum absolute atomic E-state index is 11.3. The lowest BCUT2D eigenvalue weighted by Crippen LogP contribution is -2.09. The molecular formula is C15H12O7. The summed E-state index contributed by atoms with van der Waals surface area (Å²) in [5, 5.41) is 27.5. The highest BCUT2D eigenvalue weighted by Crippen LogP contribution is 2.22. The minimum absolute atomic E-state index is 0.205. The molecule has 3 N–H and O–H groups in total. The average molecular weight is 304 g/mol. The van der Waals surface area contributed by atoms with Crippen LogP contribution < -0.4 is 5.63 Å². The van der Waals surface area contributed by atoms with E-state index < -0.39 is 23.3 Å². The normalized spacial score (nSPS) is 10.4. The van der Waals surface area contributed by atoms with Crippen molar-refractivity contribution >= 4 is 11.9 Å². The van der Waals surface area contributed by atoms with Crippen LogP contribution in [-0.2, 0) is 12.8 Å². The lowest BCUT2D eigenvalue weighted by Gasteiger charge is -2.08. The second-order valence-corrected chi connectivity index (χ2v) is 4.57. The molecule has 1 heterocycles. The minimum Gasteiger partial charge on any atom is -0.507 e. The van der Waals surface area contributed by atoms with Crippen molar-refractivity contribution in [2.75, 3.05) is 0 Å². The quantitative estimate of drug-likeness (QED) is 0.764. The number of carboxylic acid groups (broad SMARTS) is 2. The van der Waals surface area contributed by atoms with Crippen molar-refractivity contribution in [3.63, 3.8) is 0 Å². The first-order valence-corrected chi connectivity index (χ1v) is 6.30. The molecule has 0 aliphatic heterocycles. The van der Waals surface area contributed by atoms with Crippen LogP contribution >= 0.6 is 0 Å². The number of aromatic hydroxyl groups is 1. The van der Waals surface area contributed by atoms with Gasteiger partial charge in [0, 0.05) is 6.07 Å². The van der Waals surface area contributed by atoms with Crippen molar-refractivity contribution in [1.82, 2.24) is 0 Å². The summed E-state index contributed by atoms with van der Waals surface area (Å²) in [6.07, 6.45) is 0.453. The Bertz CT molecular complexity index is 789. The molecule has 0 bridgehead atoms. The van der Waals surface area contributed by atoms with Crippen LogP contribution in [0.15, 0.2) is 39.5 Å². The van der Waals surface area contributed by atoms with Crippen LogP contribution in [0.2, 0.25) is 0 Å². The standard InChI is InChI=1S/C15H12O7/c16-10-3-1-2-9(13(10)15(20)21)5-4-8-6-11(14(18)19)22-12(17)7-8/h1-3,6-7,16H,4-5H2,(H,18,19)(H,20,21). The predicted octanol–water partition coefficient (Wildman–Crippen LogP) is 1.53. The van der Waals surface area contributed by atoms with Crippen molar-refractivity contribution in [3.05, 3.63) is 63.2 Å². The van der Waals surface area contributed by atoms with E-state index in [0.29, 0.717) is 11.1 Å². The van der Waals surface area contributed by atoms with Gasteiger partial charge in [-0.05, 0) is 36.1 Å². The van der Waals surface area contributed by atoms with Gasteiger partial charge in [0.25, 0.3) is 0 Å².